The number of thioether (sulfide) groups is 1. The summed E-state index contributed by atoms with van der Waals surface area (Å²) in [5, 5.41) is 2.82. The van der Waals surface area contributed by atoms with Gasteiger partial charge in [0.2, 0.25) is 5.91 Å². The molecule has 1 aromatic heterocycles. The zero-order chi connectivity index (χ0) is 19.6. The molecule has 0 saturated heterocycles. The predicted molar refractivity (Wildman–Crippen MR) is 98.7 cm³/mol. The molecule has 0 saturated carbocycles. The molecule has 0 atom stereocenters. The summed E-state index contributed by atoms with van der Waals surface area (Å²) in [6, 6.07) is 7.05. The molecule has 1 heterocycles. The zero-order valence-electron chi connectivity index (χ0n) is 14.6. The first-order valence-corrected chi connectivity index (χ1v) is 9.01. The topological polar surface area (TPSA) is 46.9 Å². The Kier molecular flexibility index (Phi) is 5.55. The maximum atomic E-state index is 13.6. The second-order valence-corrected chi connectivity index (χ2v) is 6.95. The highest BCUT2D eigenvalue weighted by atomic mass is 32.2. The molecule has 0 aliphatic rings. The van der Waals surface area contributed by atoms with Crippen molar-refractivity contribution < 1.29 is 18.0 Å². The number of carbonyl (C=O) groups is 1. The van der Waals surface area contributed by atoms with Gasteiger partial charge in [0.25, 0.3) is 0 Å². The smallest absolute Gasteiger partial charge is 0.234 e. The molecular formula is C19H16F3N3OS. The Hall–Kier alpha value is -2.74. The molecule has 0 fully saturated rings. The lowest BCUT2D eigenvalue weighted by Crippen LogP contribution is -2.16. The number of aromatic nitrogens is 2. The number of anilines is 1. The molecule has 1 N–H and O–H groups in total. The van der Waals surface area contributed by atoms with Gasteiger partial charge < -0.3 is 5.32 Å². The van der Waals surface area contributed by atoms with E-state index in [1.165, 1.54) is 0 Å². The molecular weight excluding hydrogens is 375 g/mol. The van der Waals surface area contributed by atoms with E-state index in [0.29, 0.717) is 17.3 Å². The van der Waals surface area contributed by atoms with Gasteiger partial charge in [0.1, 0.15) is 5.82 Å². The largest absolute Gasteiger partial charge is 0.323 e. The zero-order valence-corrected chi connectivity index (χ0v) is 15.4. The molecule has 27 heavy (non-hydrogen) atoms. The van der Waals surface area contributed by atoms with Gasteiger partial charge >= 0.3 is 0 Å². The van der Waals surface area contributed by atoms with E-state index >= 15 is 0 Å². The molecule has 0 spiro atoms. The number of rotatable bonds is 5. The molecule has 8 heteroatoms. The minimum atomic E-state index is -1.31. The molecule has 0 unspecified atom stereocenters. The first-order chi connectivity index (χ1) is 12.8. The fraction of sp³-hybridized carbons (Fsp3) is 0.158. The third-order valence-corrected chi connectivity index (χ3v) is 4.67. The molecule has 0 bridgehead atoms. The first kappa shape index (κ1) is 19.0. The van der Waals surface area contributed by atoms with E-state index in [1.807, 2.05) is 30.5 Å². The Labute approximate surface area is 158 Å². The molecule has 0 aliphatic heterocycles. The summed E-state index contributed by atoms with van der Waals surface area (Å²) >= 11 is 1.15. The summed E-state index contributed by atoms with van der Waals surface area (Å²) in [5.74, 6) is -4.20. The van der Waals surface area contributed by atoms with Crippen LogP contribution in [0.4, 0.5) is 18.9 Å². The lowest BCUT2D eigenvalue weighted by atomic mass is 10.1. The van der Waals surface area contributed by atoms with Crippen LogP contribution in [0.5, 0.6) is 0 Å². The van der Waals surface area contributed by atoms with E-state index < -0.39 is 29.0 Å². The van der Waals surface area contributed by atoms with Crippen LogP contribution in [0.15, 0.2) is 47.9 Å². The summed E-state index contributed by atoms with van der Waals surface area (Å²) in [7, 11) is 0. The second-order valence-electron chi connectivity index (χ2n) is 6.01. The molecule has 0 aliphatic carbocycles. The maximum Gasteiger partial charge on any atom is 0.234 e. The highest BCUT2D eigenvalue weighted by Gasteiger charge is 2.14. The summed E-state index contributed by atoms with van der Waals surface area (Å²) < 4.78 is 41.6. The SMILES string of the molecule is Cc1cc(C)cc(-n2ccnc2SCC(=O)Nc2cc(F)c(F)cc2F)c1. The van der Waals surface area contributed by atoms with Gasteiger partial charge in [-0.2, -0.15) is 0 Å². The van der Waals surface area contributed by atoms with Crippen LogP contribution in [-0.2, 0) is 4.79 Å². The number of benzene rings is 2. The van der Waals surface area contributed by atoms with E-state index in [-0.39, 0.29) is 5.75 Å². The predicted octanol–water partition coefficient (Wildman–Crippen LogP) is 4.64. The molecule has 1 amide bonds. The number of carbonyl (C=O) groups excluding carboxylic acids is 1. The molecule has 0 radical (unpaired) electrons. The molecule has 140 valence electrons. The Morgan fingerprint density at radius 2 is 1.70 bits per heavy atom. The van der Waals surface area contributed by atoms with Crippen LogP contribution in [-0.4, -0.2) is 21.2 Å². The number of nitrogens with zero attached hydrogens (tertiary/aromatic N) is 2. The Balaban J connectivity index is 1.70. The summed E-state index contributed by atoms with van der Waals surface area (Å²) in [6.45, 7) is 3.98. The van der Waals surface area contributed by atoms with Crippen LogP contribution in [0.2, 0.25) is 0 Å². The lowest BCUT2D eigenvalue weighted by Gasteiger charge is -2.10. The van der Waals surface area contributed by atoms with Crippen molar-refractivity contribution in [3.05, 3.63) is 71.3 Å². The highest BCUT2D eigenvalue weighted by Crippen LogP contribution is 2.23. The Morgan fingerprint density at radius 1 is 1.04 bits per heavy atom. The summed E-state index contributed by atoms with van der Waals surface area (Å²) in [5.41, 5.74) is 2.71. The lowest BCUT2D eigenvalue weighted by molar-refractivity contribution is -0.113. The average molecular weight is 391 g/mol. The van der Waals surface area contributed by atoms with Crippen LogP contribution in [0.3, 0.4) is 0 Å². The number of amides is 1. The van der Waals surface area contributed by atoms with Gasteiger partial charge in [0.05, 0.1) is 11.4 Å². The van der Waals surface area contributed by atoms with Crippen molar-refractivity contribution in [3.8, 4) is 5.69 Å². The van der Waals surface area contributed by atoms with Crippen LogP contribution >= 0.6 is 11.8 Å². The average Bonchev–Trinajstić information content (AvgIpc) is 3.05. The van der Waals surface area contributed by atoms with E-state index in [1.54, 1.807) is 12.4 Å². The van der Waals surface area contributed by atoms with Crippen LogP contribution in [0.1, 0.15) is 11.1 Å². The van der Waals surface area contributed by atoms with Crippen molar-refractivity contribution in [2.24, 2.45) is 0 Å². The van der Waals surface area contributed by atoms with Crippen molar-refractivity contribution in [3.63, 3.8) is 0 Å². The number of hydrogen-bond donors (Lipinski definition) is 1. The standard InChI is InChI=1S/C19H16F3N3OS/c1-11-5-12(2)7-13(6-11)25-4-3-23-19(25)27-10-18(26)24-17-9-15(21)14(20)8-16(17)22/h3-9H,10H2,1-2H3,(H,24,26). The monoisotopic (exact) mass is 391 g/mol. The number of nitrogens with one attached hydrogen (secondary N) is 1. The third kappa shape index (κ3) is 4.51. The van der Waals surface area contributed by atoms with E-state index in [0.717, 1.165) is 28.6 Å². The molecule has 3 aromatic rings. The van der Waals surface area contributed by atoms with Gasteiger partial charge in [-0.1, -0.05) is 17.8 Å². The maximum absolute atomic E-state index is 13.6. The van der Waals surface area contributed by atoms with Crippen molar-refractivity contribution in [2.45, 2.75) is 19.0 Å². The van der Waals surface area contributed by atoms with E-state index in [9.17, 15) is 18.0 Å². The second kappa shape index (κ2) is 7.87. The summed E-state index contributed by atoms with van der Waals surface area (Å²) in [6.07, 6.45) is 3.40. The van der Waals surface area contributed by atoms with Crippen molar-refractivity contribution in [1.82, 2.24) is 9.55 Å². The number of halogens is 3. The van der Waals surface area contributed by atoms with Crippen LogP contribution in [0, 0.1) is 31.3 Å². The quantitative estimate of drug-likeness (QED) is 0.509. The number of imidazole rings is 1. The molecule has 4 nitrogen and oxygen atoms in total. The normalized spacial score (nSPS) is 10.9. The van der Waals surface area contributed by atoms with Gasteiger partial charge in [-0.25, -0.2) is 18.2 Å². The fourth-order valence-corrected chi connectivity index (χ4v) is 3.39. The molecule has 2 aromatic carbocycles. The highest BCUT2D eigenvalue weighted by molar-refractivity contribution is 7.99. The first-order valence-electron chi connectivity index (χ1n) is 8.02. The fourth-order valence-electron chi connectivity index (χ4n) is 2.62. The van der Waals surface area contributed by atoms with Gasteiger partial charge in [-0.05, 0) is 37.1 Å². The number of aryl methyl sites for hydroxylation is 2. The van der Waals surface area contributed by atoms with Crippen molar-refractivity contribution in [2.75, 3.05) is 11.1 Å². The Morgan fingerprint density at radius 3 is 2.41 bits per heavy atom. The third-order valence-electron chi connectivity index (χ3n) is 3.71. The van der Waals surface area contributed by atoms with Crippen LogP contribution < -0.4 is 5.32 Å². The van der Waals surface area contributed by atoms with Gasteiger partial charge in [-0.15, -0.1) is 0 Å². The minimum absolute atomic E-state index is 0.0692. The van der Waals surface area contributed by atoms with Gasteiger partial charge in [0.15, 0.2) is 16.8 Å². The minimum Gasteiger partial charge on any atom is -0.323 e. The Bertz CT molecular complexity index is 984. The van der Waals surface area contributed by atoms with Crippen molar-refractivity contribution >= 4 is 23.4 Å². The van der Waals surface area contributed by atoms with E-state index in [2.05, 4.69) is 16.4 Å². The van der Waals surface area contributed by atoms with Gasteiger partial charge in [0, 0.05) is 30.2 Å². The van der Waals surface area contributed by atoms with Gasteiger partial charge in [-0.3, -0.25) is 9.36 Å². The summed E-state index contributed by atoms with van der Waals surface area (Å²) in [4.78, 5) is 16.3. The van der Waals surface area contributed by atoms with Crippen molar-refractivity contribution in [1.29, 1.82) is 0 Å². The molecule has 3 rings (SSSR count). The van der Waals surface area contributed by atoms with E-state index in [4.69, 9.17) is 0 Å². The number of hydrogen-bond acceptors (Lipinski definition) is 3. The van der Waals surface area contributed by atoms with Crippen LogP contribution in [0.25, 0.3) is 5.69 Å².